The first-order valence-electron chi connectivity index (χ1n) is 3.39. The van der Waals surface area contributed by atoms with E-state index in [4.69, 9.17) is 10.5 Å². The molecular formula is C8H7BrINO2. The van der Waals surface area contributed by atoms with Gasteiger partial charge in [-0.05, 0) is 50.7 Å². The summed E-state index contributed by atoms with van der Waals surface area (Å²) in [5.74, 6) is 0.187. The Labute approximate surface area is 97.9 Å². The Balaban J connectivity index is 3.35. The molecular weight excluding hydrogens is 349 g/mol. The summed E-state index contributed by atoms with van der Waals surface area (Å²) >= 11 is 5.33. The Morgan fingerprint density at radius 2 is 2.23 bits per heavy atom. The van der Waals surface area contributed by atoms with Gasteiger partial charge in [0.2, 0.25) is 5.91 Å². The molecule has 13 heavy (non-hydrogen) atoms. The van der Waals surface area contributed by atoms with Crippen LogP contribution in [0, 0.1) is 3.57 Å². The van der Waals surface area contributed by atoms with E-state index in [0.29, 0.717) is 11.3 Å². The van der Waals surface area contributed by atoms with Crippen molar-refractivity contribution in [2.24, 2.45) is 5.73 Å². The fourth-order valence-electron chi connectivity index (χ4n) is 0.910. The average Bonchev–Trinajstić information content (AvgIpc) is 2.04. The Kier molecular flexibility index (Phi) is 3.55. The molecule has 1 aromatic carbocycles. The Hall–Kier alpha value is -0.300. The molecule has 70 valence electrons. The zero-order chi connectivity index (χ0) is 10.0. The molecule has 2 N–H and O–H groups in total. The summed E-state index contributed by atoms with van der Waals surface area (Å²) in [6.45, 7) is 0. The lowest BCUT2D eigenvalue weighted by atomic mass is 10.2. The molecule has 0 radical (unpaired) electrons. The number of primary amides is 1. The summed E-state index contributed by atoms with van der Waals surface area (Å²) in [4.78, 5) is 10.9. The molecule has 0 atom stereocenters. The average molecular weight is 356 g/mol. The first-order chi connectivity index (χ1) is 6.07. The molecule has 5 heteroatoms. The monoisotopic (exact) mass is 355 g/mol. The van der Waals surface area contributed by atoms with Crippen LogP contribution in [0.3, 0.4) is 0 Å². The number of hydrogen-bond donors (Lipinski definition) is 1. The Morgan fingerprint density at radius 3 is 2.69 bits per heavy atom. The van der Waals surface area contributed by atoms with Crippen molar-refractivity contribution in [2.75, 3.05) is 7.11 Å². The maximum Gasteiger partial charge on any atom is 0.249 e. The van der Waals surface area contributed by atoms with Crippen molar-refractivity contribution in [2.45, 2.75) is 0 Å². The third-order valence-corrected chi connectivity index (χ3v) is 3.21. The van der Waals surface area contributed by atoms with Gasteiger partial charge in [0.25, 0.3) is 0 Å². The van der Waals surface area contributed by atoms with Crippen molar-refractivity contribution in [1.82, 2.24) is 0 Å². The van der Waals surface area contributed by atoms with Crippen LogP contribution in [0.1, 0.15) is 10.4 Å². The van der Waals surface area contributed by atoms with Gasteiger partial charge in [-0.1, -0.05) is 0 Å². The Morgan fingerprint density at radius 1 is 1.62 bits per heavy atom. The van der Waals surface area contributed by atoms with Crippen molar-refractivity contribution in [3.8, 4) is 5.75 Å². The summed E-state index contributed by atoms with van der Waals surface area (Å²) in [5.41, 5.74) is 5.65. The highest BCUT2D eigenvalue weighted by Crippen LogP contribution is 2.32. The van der Waals surface area contributed by atoms with Crippen LogP contribution < -0.4 is 10.5 Å². The molecule has 0 saturated carbocycles. The number of hydrogen-bond acceptors (Lipinski definition) is 2. The quantitative estimate of drug-likeness (QED) is 0.826. The van der Waals surface area contributed by atoms with Crippen molar-refractivity contribution in [1.29, 1.82) is 0 Å². The van der Waals surface area contributed by atoms with Crippen LogP contribution in [0.25, 0.3) is 0 Å². The second-order valence-electron chi connectivity index (χ2n) is 2.31. The van der Waals surface area contributed by atoms with Crippen LogP contribution in [0.2, 0.25) is 0 Å². The highest BCUT2D eigenvalue weighted by atomic mass is 127. The zero-order valence-electron chi connectivity index (χ0n) is 6.80. The van der Waals surface area contributed by atoms with Gasteiger partial charge in [0.1, 0.15) is 5.75 Å². The molecule has 1 aromatic rings. The lowest BCUT2D eigenvalue weighted by Crippen LogP contribution is -2.13. The third kappa shape index (κ3) is 2.14. The molecule has 1 amide bonds. The summed E-state index contributed by atoms with van der Waals surface area (Å²) < 4.78 is 6.64. The summed E-state index contributed by atoms with van der Waals surface area (Å²) in [6, 6.07) is 3.40. The largest absolute Gasteiger partial charge is 0.494 e. The van der Waals surface area contributed by atoms with Crippen LogP contribution in [-0.2, 0) is 0 Å². The number of methoxy groups -OCH3 is 1. The minimum atomic E-state index is -0.449. The number of carbonyl (C=O) groups is 1. The highest BCUT2D eigenvalue weighted by molar-refractivity contribution is 14.1. The van der Waals surface area contributed by atoms with E-state index < -0.39 is 5.91 Å². The minimum absolute atomic E-state index is 0.449. The van der Waals surface area contributed by atoms with E-state index in [0.717, 1.165) is 8.04 Å². The molecule has 0 fully saturated rings. The smallest absolute Gasteiger partial charge is 0.249 e. The van der Waals surface area contributed by atoms with E-state index >= 15 is 0 Å². The Bertz CT molecular complexity index is 354. The van der Waals surface area contributed by atoms with Gasteiger partial charge in [0, 0.05) is 0 Å². The van der Waals surface area contributed by atoms with Crippen molar-refractivity contribution in [3.63, 3.8) is 0 Å². The lowest BCUT2D eigenvalue weighted by molar-refractivity contribution is 0.0999. The molecule has 0 bridgehead atoms. The number of ether oxygens (including phenoxy) is 1. The third-order valence-electron chi connectivity index (χ3n) is 1.52. The van der Waals surface area contributed by atoms with E-state index in [9.17, 15) is 4.79 Å². The maximum absolute atomic E-state index is 10.9. The molecule has 1 rings (SSSR count). The van der Waals surface area contributed by atoms with Gasteiger partial charge in [0.15, 0.2) is 0 Å². The standard InChI is InChI=1S/C8H7BrINO2/c1-13-7-5(9)3-2-4(6(7)10)8(11)12/h2-3H,1H3,(H2,11,12). The molecule has 0 aliphatic rings. The van der Waals surface area contributed by atoms with Crippen molar-refractivity contribution in [3.05, 3.63) is 25.7 Å². The minimum Gasteiger partial charge on any atom is -0.494 e. The first-order valence-corrected chi connectivity index (χ1v) is 5.27. The van der Waals surface area contributed by atoms with Gasteiger partial charge >= 0.3 is 0 Å². The number of halogens is 2. The van der Waals surface area contributed by atoms with Gasteiger partial charge in [0.05, 0.1) is 20.7 Å². The maximum atomic E-state index is 10.9. The fourth-order valence-corrected chi connectivity index (χ4v) is 2.73. The molecule has 0 aliphatic carbocycles. The van der Waals surface area contributed by atoms with Crippen LogP contribution in [0.15, 0.2) is 16.6 Å². The second-order valence-corrected chi connectivity index (χ2v) is 4.24. The second kappa shape index (κ2) is 4.28. The molecule has 0 saturated heterocycles. The summed E-state index contributed by atoms with van der Waals surface area (Å²) in [6.07, 6.45) is 0. The fraction of sp³-hybridized carbons (Fsp3) is 0.125. The lowest BCUT2D eigenvalue weighted by Gasteiger charge is -2.08. The van der Waals surface area contributed by atoms with E-state index in [-0.39, 0.29) is 0 Å². The number of rotatable bonds is 2. The van der Waals surface area contributed by atoms with Crippen LogP contribution in [-0.4, -0.2) is 13.0 Å². The van der Waals surface area contributed by atoms with Crippen molar-refractivity contribution < 1.29 is 9.53 Å². The molecule has 0 aromatic heterocycles. The predicted octanol–water partition coefficient (Wildman–Crippen LogP) is 2.16. The predicted molar refractivity (Wildman–Crippen MR) is 61.9 cm³/mol. The summed E-state index contributed by atoms with van der Waals surface area (Å²) in [5, 5.41) is 0. The van der Waals surface area contributed by atoms with Gasteiger partial charge < -0.3 is 10.5 Å². The molecule has 0 spiro atoms. The molecule has 0 heterocycles. The van der Waals surface area contributed by atoms with E-state index in [2.05, 4.69) is 15.9 Å². The zero-order valence-corrected chi connectivity index (χ0v) is 10.5. The molecule has 0 aliphatic heterocycles. The van der Waals surface area contributed by atoms with Gasteiger partial charge in [-0.15, -0.1) is 0 Å². The van der Waals surface area contributed by atoms with Gasteiger partial charge in [-0.2, -0.15) is 0 Å². The first kappa shape index (κ1) is 10.8. The molecule has 0 unspecified atom stereocenters. The van der Waals surface area contributed by atoms with E-state index in [1.54, 1.807) is 19.2 Å². The van der Waals surface area contributed by atoms with Crippen LogP contribution >= 0.6 is 38.5 Å². The number of carbonyl (C=O) groups excluding carboxylic acids is 1. The van der Waals surface area contributed by atoms with Gasteiger partial charge in [-0.3, -0.25) is 4.79 Å². The number of nitrogens with two attached hydrogens (primary N) is 1. The highest BCUT2D eigenvalue weighted by Gasteiger charge is 2.13. The van der Waals surface area contributed by atoms with E-state index in [1.165, 1.54) is 0 Å². The number of benzene rings is 1. The topological polar surface area (TPSA) is 52.3 Å². The number of amides is 1. The summed E-state index contributed by atoms with van der Waals surface area (Å²) in [7, 11) is 1.55. The molecule has 3 nitrogen and oxygen atoms in total. The van der Waals surface area contributed by atoms with Gasteiger partial charge in [-0.25, -0.2) is 0 Å². The van der Waals surface area contributed by atoms with Crippen molar-refractivity contribution >= 4 is 44.4 Å². The van der Waals surface area contributed by atoms with Crippen LogP contribution in [0.4, 0.5) is 0 Å². The normalized spacial score (nSPS) is 9.77. The SMILES string of the molecule is COc1c(Br)ccc(C(N)=O)c1I. The van der Waals surface area contributed by atoms with Crippen LogP contribution in [0.5, 0.6) is 5.75 Å². The van der Waals surface area contributed by atoms with E-state index in [1.807, 2.05) is 22.6 Å².